The van der Waals surface area contributed by atoms with Crippen molar-refractivity contribution < 1.29 is 19.8 Å². The first kappa shape index (κ1) is 22.6. The van der Waals surface area contributed by atoms with E-state index in [1.165, 1.54) is 25.7 Å². The zero-order valence-electron chi connectivity index (χ0n) is 19.2. The van der Waals surface area contributed by atoms with Gasteiger partial charge >= 0.3 is 11.9 Å². The normalized spacial score (nSPS) is 42.1. The van der Waals surface area contributed by atoms with Gasteiger partial charge in [0.25, 0.3) is 0 Å². The molecule has 2 N–H and O–H groups in total. The highest BCUT2D eigenvalue weighted by molar-refractivity contribution is 6.02. The quantitative estimate of drug-likeness (QED) is 0.546. The van der Waals surface area contributed by atoms with E-state index >= 15 is 0 Å². The molecular formula is C25H42O4. The molecule has 0 aromatic rings. The molecule has 0 saturated heterocycles. The summed E-state index contributed by atoms with van der Waals surface area (Å²) < 4.78 is 0. The second-order valence-electron chi connectivity index (χ2n) is 11.6. The van der Waals surface area contributed by atoms with Gasteiger partial charge in [0.2, 0.25) is 0 Å². The van der Waals surface area contributed by atoms with Gasteiger partial charge in [-0.25, -0.2) is 0 Å². The van der Waals surface area contributed by atoms with Gasteiger partial charge in [0.05, 0.1) is 0 Å². The van der Waals surface area contributed by atoms with Gasteiger partial charge in [-0.05, 0) is 91.3 Å². The standard InChI is InChI=1S/C25H42O4/c1-13(2)17-8-7-15(5)9-18(17)19-10-16(6)11-20(22(19)14(3)4)21-12-25(21,23(26)27)24(28)29/h13-22H,7-12H2,1-6H3,(H,26,27)(H,28,29)/t15?,16-,17?,18?,19+,20?,21-,22?/m1/s1. The Bertz CT molecular complexity index is 610. The highest BCUT2D eigenvalue weighted by Crippen LogP contribution is 2.64. The highest BCUT2D eigenvalue weighted by atomic mass is 16.4. The molecular weight excluding hydrogens is 364 g/mol. The van der Waals surface area contributed by atoms with E-state index in [0.29, 0.717) is 41.9 Å². The van der Waals surface area contributed by atoms with Crippen molar-refractivity contribution in [3.8, 4) is 0 Å². The zero-order valence-corrected chi connectivity index (χ0v) is 19.2. The summed E-state index contributed by atoms with van der Waals surface area (Å²) in [7, 11) is 0. The van der Waals surface area contributed by atoms with E-state index in [2.05, 4.69) is 41.5 Å². The van der Waals surface area contributed by atoms with Gasteiger partial charge in [-0.1, -0.05) is 48.0 Å². The molecule has 3 fully saturated rings. The van der Waals surface area contributed by atoms with Crippen molar-refractivity contribution in [2.75, 3.05) is 0 Å². The number of hydrogen-bond donors (Lipinski definition) is 2. The van der Waals surface area contributed by atoms with Gasteiger partial charge in [-0.2, -0.15) is 0 Å². The Morgan fingerprint density at radius 2 is 1.34 bits per heavy atom. The number of rotatable bonds is 6. The van der Waals surface area contributed by atoms with Crippen molar-refractivity contribution in [2.24, 2.45) is 64.6 Å². The molecule has 0 heterocycles. The van der Waals surface area contributed by atoms with E-state index in [1.807, 2.05) is 0 Å². The molecule has 166 valence electrons. The predicted molar refractivity (Wildman–Crippen MR) is 114 cm³/mol. The van der Waals surface area contributed by atoms with Crippen molar-refractivity contribution in [2.45, 2.75) is 80.1 Å². The Morgan fingerprint density at radius 3 is 1.83 bits per heavy atom. The molecule has 4 heteroatoms. The van der Waals surface area contributed by atoms with E-state index in [-0.39, 0.29) is 11.8 Å². The first-order valence-electron chi connectivity index (χ1n) is 12.0. The molecule has 0 bridgehead atoms. The molecule has 8 atom stereocenters. The lowest BCUT2D eigenvalue weighted by molar-refractivity contribution is -0.159. The van der Waals surface area contributed by atoms with Crippen LogP contribution in [-0.2, 0) is 9.59 Å². The number of carboxylic acids is 2. The monoisotopic (exact) mass is 406 g/mol. The third-order valence-corrected chi connectivity index (χ3v) is 9.03. The summed E-state index contributed by atoms with van der Waals surface area (Å²) in [6.45, 7) is 14.0. The molecule has 0 radical (unpaired) electrons. The lowest BCUT2D eigenvalue weighted by Gasteiger charge is -2.51. The summed E-state index contributed by atoms with van der Waals surface area (Å²) in [4.78, 5) is 23.8. The van der Waals surface area contributed by atoms with Crippen LogP contribution in [0.1, 0.15) is 80.1 Å². The highest BCUT2D eigenvalue weighted by Gasteiger charge is 2.70. The minimum Gasteiger partial charge on any atom is -0.480 e. The van der Waals surface area contributed by atoms with Crippen LogP contribution in [0.2, 0.25) is 0 Å². The summed E-state index contributed by atoms with van der Waals surface area (Å²) in [6, 6.07) is 0. The summed E-state index contributed by atoms with van der Waals surface area (Å²) in [6.07, 6.45) is 6.44. The molecule has 5 unspecified atom stereocenters. The third-order valence-electron chi connectivity index (χ3n) is 9.03. The van der Waals surface area contributed by atoms with Gasteiger partial charge in [-0.3, -0.25) is 9.59 Å². The van der Waals surface area contributed by atoms with E-state index < -0.39 is 17.4 Å². The summed E-state index contributed by atoms with van der Waals surface area (Å²) in [5.41, 5.74) is -1.53. The van der Waals surface area contributed by atoms with Crippen LogP contribution in [0, 0.1) is 64.6 Å². The zero-order chi connectivity index (χ0) is 21.7. The number of carbonyl (C=O) groups is 2. The topological polar surface area (TPSA) is 74.6 Å². The Morgan fingerprint density at radius 1 is 0.793 bits per heavy atom. The Kier molecular flexibility index (Phi) is 6.42. The number of carboxylic acid groups (broad SMARTS) is 2. The second-order valence-corrected chi connectivity index (χ2v) is 11.6. The largest absolute Gasteiger partial charge is 0.480 e. The van der Waals surface area contributed by atoms with Gasteiger partial charge in [0.15, 0.2) is 5.41 Å². The summed E-state index contributed by atoms with van der Waals surface area (Å²) in [5.74, 6) is 2.69. The molecule has 3 aliphatic carbocycles. The van der Waals surface area contributed by atoms with Crippen LogP contribution < -0.4 is 0 Å². The molecule has 0 spiro atoms. The maximum Gasteiger partial charge on any atom is 0.321 e. The fourth-order valence-electron chi connectivity index (χ4n) is 7.70. The Hall–Kier alpha value is -1.06. The lowest BCUT2D eigenvalue weighted by Crippen LogP contribution is -2.45. The Balaban J connectivity index is 1.94. The van der Waals surface area contributed by atoms with Crippen molar-refractivity contribution in [1.82, 2.24) is 0 Å². The van der Waals surface area contributed by atoms with Crippen LogP contribution in [-0.4, -0.2) is 22.2 Å². The van der Waals surface area contributed by atoms with Crippen LogP contribution in [0.4, 0.5) is 0 Å². The van der Waals surface area contributed by atoms with Gasteiger partial charge < -0.3 is 10.2 Å². The molecule has 0 aromatic heterocycles. The second kappa shape index (κ2) is 8.23. The summed E-state index contributed by atoms with van der Waals surface area (Å²) in [5, 5.41) is 19.5. The molecule has 3 aliphatic rings. The maximum absolute atomic E-state index is 11.9. The van der Waals surface area contributed by atoms with Crippen molar-refractivity contribution in [1.29, 1.82) is 0 Å². The Labute approximate surface area is 176 Å². The minimum atomic E-state index is -1.53. The smallest absolute Gasteiger partial charge is 0.321 e. The van der Waals surface area contributed by atoms with Gasteiger partial charge in [-0.15, -0.1) is 0 Å². The van der Waals surface area contributed by atoms with Gasteiger partial charge in [0, 0.05) is 0 Å². The molecule has 3 saturated carbocycles. The fraction of sp³-hybridized carbons (Fsp3) is 0.920. The van der Waals surface area contributed by atoms with Crippen molar-refractivity contribution in [3.63, 3.8) is 0 Å². The van der Waals surface area contributed by atoms with E-state index in [9.17, 15) is 19.8 Å². The average molecular weight is 407 g/mol. The van der Waals surface area contributed by atoms with Crippen LogP contribution in [0.15, 0.2) is 0 Å². The van der Waals surface area contributed by atoms with E-state index in [1.54, 1.807) is 0 Å². The lowest BCUT2D eigenvalue weighted by atomic mass is 9.53. The SMILES string of the molecule is CC1CCC(C(C)C)C([C@@H]2C[C@@H](C)CC([C@H]3CC3(C(=O)O)C(=O)O)C2C(C)C)C1. The maximum atomic E-state index is 11.9. The predicted octanol–water partition coefficient (Wildman–Crippen LogP) is 5.80. The first-order chi connectivity index (χ1) is 13.5. The molecule has 0 amide bonds. The first-order valence-corrected chi connectivity index (χ1v) is 12.0. The number of hydrogen-bond acceptors (Lipinski definition) is 2. The van der Waals surface area contributed by atoms with E-state index in [0.717, 1.165) is 18.3 Å². The molecule has 0 aromatic carbocycles. The average Bonchev–Trinajstić information content (AvgIpc) is 3.37. The fourth-order valence-corrected chi connectivity index (χ4v) is 7.70. The number of aliphatic carboxylic acids is 2. The van der Waals surface area contributed by atoms with Crippen LogP contribution in [0.3, 0.4) is 0 Å². The van der Waals surface area contributed by atoms with Crippen LogP contribution >= 0.6 is 0 Å². The third kappa shape index (κ3) is 3.97. The molecule has 0 aliphatic heterocycles. The molecule has 3 rings (SSSR count). The van der Waals surface area contributed by atoms with Gasteiger partial charge in [0.1, 0.15) is 0 Å². The van der Waals surface area contributed by atoms with E-state index in [4.69, 9.17) is 0 Å². The minimum absolute atomic E-state index is 0.200. The van der Waals surface area contributed by atoms with Crippen molar-refractivity contribution >= 4 is 11.9 Å². The summed E-state index contributed by atoms with van der Waals surface area (Å²) >= 11 is 0. The van der Waals surface area contributed by atoms with Crippen LogP contribution in [0.25, 0.3) is 0 Å². The molecule has 29 heavy (non-hydrogen) atoms. The van der Waals surface area contributed by atoms with Crippen LogP contribution in [0.5, 0.6) is 0 Å². The van der Waals surface area contributed by atoms with Crippen molar-refractivity contribution in [3.05, 3.63) is 0 Å². The molecule has 4 nitrogen and oxygen atoms in total.